The maximum atomic E-state index is 13.1. The maximum Gasteiger partial charge on any atom is 0.264 e. The van der Waals surface area contributed by atoms with Crippen molar-refractivity contribution in [3.05, 3.63) is 29.3 Å². The van der Waals surface area contributed by atoms with Crippen molar-refractivity contribution in [2.24, 2.45) is 0 Å². The molecule has 1 aromatic rings. The topological polar surface area (TPSA) is 154 Å². The van der Waals surface area contributed by atoms with E-state index >= 15 is 0 Å². The lowest BCUT2D eigenvalue weighted by Gasteiger charge is -2.27. The third-order valence-corrected chi connectivity index (χ3v) is 6.23. The first kappa shape index (κ1) is 23.4. The summed E-state index contributed by atoms with van der Waals surface area (Å²) in [5, 5.41) is 10.9. The van der Waals surface area contributed by atoms with Crippen molar-refractivity contribution in [1.82, 2.24) is 20.9 Å². The van der Waals surface area contributed by atoms with Gasteiger partial charge >= 0.3 is 0 Å². The van der Waals surface area contributed by atoms with Crippen LogP contribution in [-0.4, -0.2) is 65.5 Å². The molecule has 3 heterocycles. The summed E-state index contributed by atoms with van der Waals surface area (Å²) in [7, 11) is 0. The van der Waals surface area contributed by atoms with Gasteiger partial charge < -0.3 is 16.0 Å². The molecule has 0 spiro atoms. The van der Waals surface area contributed by atoms with E-state index in [9.17, 15) is 28.8 Å². The smallest absolute Gasteiger partial charge is 0.264 e. The van der Waals surface area contributed by atoms with Crippen LogP contribution in [0.1, 0.15) is 65.7 Å². The molecule has 1 unspecified atom stereocenters. The maximum absolute atomic E-state index is 13.1. The number of hydrogen-bond acceptors (Lipinski definition) is 7. The minimum absolute atomic E-state index is 0.0680. The Morgan fingerprint density at radius 3 is 2.53 bits per heavy atom. The highest BCUT2D eigenvalue weighted by Crippen LogP contribution is 2.32. The Kier molecular flexibility index (Phi) is 6.90. The molecule has 11 nitrogen and oxygen atoms in total. The van der Waals surface area contributed by atoms with E-state index in [1.54, 1.807) is 18.2 Å². The van der Waals surface area contributed by atoms with Crippen LogP contribution < -0.4 is 21.3 Å². The molecule has 0 bridgehead atoms. The van der Waals surface area contributed by atoms with Crippen LogP contribution in [0.15, 0.2) is 18.2 Å². The lowest BCUT2D eigenvalue weighted by molar-refractivity contribution is -0.136. The Labute approximate surface area is 196 Å². The average molecular weight is 469 g/mol. The van der Waals surface area contributed by atoms with Crippen molar-refractivity contribution in [3.63, 3.8) is 0 Å². The van der Waals surface area contributed by atoms with Gasteiger partial charge in [-0.1, -0.05) is 6.07 Å². The monoisotopic (exact) mass is 469 g/mol. The van der Waals surface area contributed by atoms with Gasteiger partial charge in [-0.2, -0.15) is 0 Å². The van der Waals surface area contributed by atoms with Gasteiger partial charge in [-0.15, -0.1) is 0 Å². The number of fused-ring (bicyclic) bond motifs is 1. The SMILES string of the molecule is O=C1CCC(N2C(=O)c3cccc(NCCCCNC(=O)[C@H]4CCCC(=O)N4)c3C2=O)C(=O)N1. The lowest BCUT2D eigenvalue weighted by Crippen LogP contribution is -2.54. The average Bonchev–Trinajstić information content (AvgIpc) is 3.07. The fourth-order valence-electron chi connectivity index (χ4n) is 4.47. The predicted octanol–water partition coefficient (Wildman–Crippen LogP) is 0.0648. The third kappa shape index (κ3) is 4.78. The van der Waals surface area contributed by atoms with Crippen molar-refractivity contribution >= 4 is 41.1 Å². The molecule has 0 radical (unpaired) electrons. The molecule has 3 aliphatic heterocycles. The van der Waals surface area contributed by atoms with Crippen LogP contribution in [0, 0.1) is 0 Å². The molecule has 6 amide bonds. The zero-order valence-electron chi connectivity index (χ0n) is 18.6. The Morgan fingerprint density at radius 1 is 0.971 bits per heavy atom. The molecule has 0 saturated carbocycles. The number of nitrogens with zero attached hydrogens (tertiary/aromatic N) is 1. The molecule has 180 valence electrons. The largest absolute Gasteiger partial charge is 0.384 e. The van der Waals surface area contributed by atoms with Crippen LogP contribution in [0.25, 0.3) is 0 Å². The highest BCUT2D eigenvalue weighted by atomic mass is 16.2. The Hall–Kier alpha value is -3.76. The van der Waals surface area contributed by atoms with Gasteiger partial charge in [-0.25, -0.2) is 0 Å². The summed E-state index contributed by atoms with van der Waals surface area (Å²) in [6.07, 6.45) is 3.35. The molecule has 11 heteroatoms. The highest BCUT2D eigenvalue weighted by molar-refractivity contribution is 6.25. The molecule has 4 N–H and O–H groups in total. The van der Waals surface area contributed by atoms with Crippen LogP contribution >= 0.6 is 0 Å². The molecule has 1 aromatic carbocycles. The number of hydrogen-bond donors (Lipinski definition) is 4. The van der Waals surface area contributed by atoms with E-state index in [1.165, 1.54) is 0 Å². The first-order chi connectivity index (χ1) is 16.4. The summed E-state index contributed by atoms with van der Waals surface area (Å²) in [4.78, 5) is 74.0. The molecule has 0 aliphatic carbocycles. The van der Waals surface area contributed by atoms with Crippen molar-refractivity contribution < 1.29 is 28.8 Å². The summed E-state index contributed by atoms with van der Waals surface area (Å²) in [5.41, 5.74) is 0.944. The lowest BCUT2D eigenvalue weighted by atomic mass is 10.0. The van der Waals surface area contributed by atoms with E-state index in [2.05, 4.69) is 21.3 Å². The van der Waals surface area contributed by atoms with Crippen LogP contribution in [0.2, 0.25) is 0 Å². The summed E-state index contributed by atoms with van der Waals surface area (Å²) in [5.74, 6) is -2.44. The molecule has 34 heavy (non-hydrogen) atoms. The standard InChI is InChI=1S/C23H27N5O6/c29-17-8-4-7-15(26-17)20(31)25-12-2-1-11-24-14-6-3-5-13-19(14)23(34)28(22(13)33)16-9-10-18(30)27-21(16)32/h3,5-6,15-16,24H,1-2,4,7-12H2,(H,25,31)(H,26,29)(H,27,30,32)/t15-,16?/m1/s1. The molecular weight excluding hydrogens is 442 g/mol. The summed E-state index contributed by atoms with van der Waals surface area (Å²) < 4.78 is 0. The van der Waals surface area contributed by atoms with Gasteiger partial charge in [0, 0.05) is 31.6 Å². The number of benzene rings is 1. The molecule has 2 fully saturated rings. The molecule has 4 rings (SSSR count). The number of anilines is 1. The Bertz CT molecular complexity index is 1050. The first-order valence-electron chi connectivity index (χ1n) is 11.5. The van der Waals surface area contributed by atoms with Crippen LogP contribution in [0.5, 0.6) is 0 Å². The number of nitrogens with one attached hydrogen (secondary N) is 4. The first-order valence-corrected chi connectivity index (χ1v) is 11.5. The number of rotatable bonds is 8. The molecule has 3 aliphatic rings. The zero-order valence-corrected chi connectivity index (χ0v) is 18.6. The van der Waals surface area contributed by atoms with E-state index in [1.807, 2.05) is 0 Å². The second-order valence-electron chi connectivity index (χ2n) is 8.61. The molecule has 2 saturated heterocycles. The van der Waals surface area contributed by atoms with E-state index in [0.717, 1.165) is 4.90 Å². The van der Waals surface area contributed by atoms with E-state index in [4.69, 9.17) is 0 Å². The van der Waals surface area contributed by atoms with Gasteiger partial charge in [-0.3, -0.25) is 39.0 Å². The summed E-state index contributed by atoms with van der Waals surface area (Å²) >= 11 is 0. The highest BCUT2D eigenvalue weighted by Gasteiger charge is 2.45. The summed E-state index contributed by atoms with van der Waals surface area (Å²) in [6, 6.07) is 3.44. The third-order valence-electron chi connectivity index (χ3n) is 6.23. The normalized spacial score (nSPS) is 22.2. The van der Waals surface area contributed by atoms with Gasteiger partial charge in [0.1, 0.15) is 12.1 Å². The Balaban J connectivity index is 1.28. The molecule has 2 atom stereocenters. The summed E-state index contributed by atoms with van der Waals surface area (Å²) in [6.45, 7) is 0.965. The molecular formula is C23H27N5O6. The fourth-order valence-corrected chi connectivity index (χ4v) is 4.47. The van der Waals surface area contributed by atoms with Gasteiger partial charge in [0.2, 0.25) is 23.6 Å². The van der Waals surface area contributed by atoms with Crippen LogP contribution in [-0.2, 0) is 19.2 Å². The van der Waals surface area contributed by atoms with Crippen LogP contribution in [0.4, 0.5) is 5.69 Å². The number of imide groups is 2. The Morgan fingerprint density at radius 2 is 1.76 bits per heavy atom. The minimum atomic E-state index is -1.00. The fraction of sp³-hybridized carbons (Fsp3) is 0.478. The number of amides is 6. The zero-order chi connectivity index (χ0) is 24.2. The van der Waals surface area contributed by atoms with Gasteiger partial charge in [0.15, 0.2) is 0 Å². The van der Waals surface area contributed by atoms with E-state index in [0.29, 0.717) is 50.9 Å². The molecule has 0 aromatic heterocycles. The number of carbonyl (C=O) groups excluding carboxylic acids is 6. The minimum Gasteiger partial charge on any atom is -0.384 e. The van der Waals surface area contributed by atoms with Crippen molar-refractivity contribution in [3.8, 4) is 0 Å². The number of unbranched alkanes of at least 4 members (excludes halogenated alkanes) is 1. The second kappa shape index (κ2) is 10.0. The van der Waals surface area contributed by atoms with Crippen molar-refractivity contribution in [2.45, 2.75) is 57.0 Å². The predicted molar refractivity (Wildman–Crippen MR) is 120 cm³/mol. The van der Waals surface area contributed by atoms with Crippen molar-refractivity contribution in [2.75, 3.05) is 18.4 Å². The van der Waals surface area contributed by atoms with Gasteiger partial charge in [0.05, 0.1) is 11.1 Å². The van der Waals surface area contributed by atoms with E-state index in [-0.39, 0.29) is 35.8 Å². The van der Waals surface area contributed by atoms with Crippen LogP contribution in [0.3, 0.4) is 0 Å². The quantitative estimate of drug-likeness (QED) is 0.310. The number of carbonyl (C=O) groups is 6. The van der Waals surface area contributed by atoms with Crippen molar-refractivity contribution in [1.29, 1.82) is 0 Å². The number of piperidine rings is 2. The van der Waals surface area contributed by atoms with E-state index < -0.39 is 35.7 Å². The van der Waals surface area contributed by atoms with Gasteiger partial charge in [-0.05, 0) is 44.2 Å². The second-order valence-corrected chi connectivity index (χ2v) is 8.61. The van der Waals surface area contributed by atoms with Gasteiger partial charge in [0.25, 0.3) is 11.8 Å².